The van der Waals surface area contributed by atoms with E-state index < -0.39 is 0 Å². The standard InChI is InChI=1S/C23H19BN4O/c1-16-27(17-8-3-2-4-9-17)20-11-7-13-25-23(20)28(16)24-14-22-19(15-26-24)18-10-5-6-12-21(18)29-22/h2-16,26H,1H3/t16-/m0/s1. The summed E-state index contributed by atoms with van der Waals surface area (Å²) in [5.41, 5.74) is 4.07. The maximum Gasteiger partial charge on any atom is 0.407 e. The number of nitrogens with zero attached hydrogens (tertiary/aromatic N) is 3. The first kappa shape index (κ1) is 16.3. The molecule has 0 amide bonds. The lowest BCUT2D eigenvalue weighted by Crippen LogP contribution is -2.56. The maximum atomic E-state index is 6.13. The van der Waals surface area contributed by atoms with Gasteiger partial charge in [0.1, 0.15) is 16.8 Å². The second-order valence-electron chi connectivity index (χ2n) is 7.39. The molecule has 1 atom stereocenters. The molecular weight excluding hydrogens is 359 g/mol. The second kappa shape index (κ2) is 6.17. The molecule has 0 saturated carbocycles. The van der Waals surface area contributed by atoms with E-state index in [0.717, 1.165) is 38.8 Å². The van der Waals surface area contributed by atoms with Crippen molar-refractivity contribution < 1.29 is 4.42 Å². The van der Waals surface area contributed by atoms with E-state index in [9.17, 15) is 0 Å². The van der Waals surface area contributed by atoms with Gasteiger partial charge in [-0.3, -0.25) is 0 Å². The number of nitrogens with one attached hydrogen (secondary N) is 1. The highest BCUT2D eigenvalue weighted by atomic mass is 16.3. The Morgan fingerprint density at radius 3 is 2.72 bits per heavy atom. The van der Waals surface area contributed by atoms with Crippen LogP contribution < -0.4 is 25.6 Å². The smallest absolute Gasteiger partial charge is 0.407 e. The Morgan fingerprint density at radius 2 is 1.83 bits per heavy atom. The molecule has 2 aromatic carbocycles. The zero-order chi connectivity index (χ0) is 19.4. The van der Waals surface area contributed by atoms with E-state index >= 15 is 0 Å². The Labute approximate surface area is 168 Å². The van der Waals surface area contributed by atoms with Gasteiger partial charge in [-0.25, -0.2) is 4.98 Å². The molecule has 0 unspecified atom stereocenters. The number of para-hydroxylation sites is 2. The van der Waals surface area contributed by atoms with Gasteiger partial charge in [0, 0.05) is 22.5 Å². The normalized spacial score (nSPS) is 17.4. The summed E-state index contributed by atoms with van der Waals surface area (Å²) in [5.74, 6) is 3.12. The Morgan fingerprint density at radius 1 is 1.00 bits per heavy atom. The molecule has 6 rings (SSSR count). The minimum Gasteiger partial charge on any atom is -0.457 e. The van der Waals surface area contributed by atoms with E-state index in [1.165, 1.54) is 0 Å². The molecule has 4 heterocycles. The summed E-state index contributed by atoms with van der Waals surface area (Å²) in [5, 5.41) is 5.79. The van der Waals surface area contributed by atoms with Crippen molar-refractivity contribution in [2.75, 3.05) is 9.71 Å². The average Bonchev–Trinajstić information content (AvgIpc) is 3.28. The molecule has 2 aliphatic rings. The zero-order valence-corrected chi connectivity index (χ0v) is 16.0. The average molecular weight is 378 g/mol. The fraction of sp³-hybridized carbons (Fsp3) is 0.0870. The molecule has 6 heteroatoms. The van der Waals surface area contributed by atoms with Crippen molar-refractivity contribution in [1.29, 1.82) is 0 Å². The van der Waals surface area contributed by atoms with Crippen molar-refractivity contribution in [2.24, 2.45) is 0 Å². The van der Waals surface area contributed by atoms with Crippen LogP contribution in [0, 0.1) is 0 Å². The van der Waals surface area contributed by atoms with Crippen LogP contribution in [0.25, 0.3) is 23.1 Å². The lowest BCUT2D eigenvalue weighted by atomic mass is 9.72. The van der Waals surface area contributed by atoms with Gasteiger partial charge in [-0.05, 0) is 49.4 Å². The predicted octanol–water partition coefficient (Wildman–Crippen LogP) is 2.98. The molecule has 4 aromatic rings. The summed E-state index contributed by atoms with van der Waals surface area (Å²) in [7, 11) is 0. The summed E-state index contributed by atoms with van der Waals surface area (Å²) in [4.78, 5) is 9.35. The van der Waals surface area contributed by atoms with Gasteiger partial charge in [-0.15, -0.1) is 0 Å². The third-order valence-electron chi connectivity index (χ3n) is 5.75. The number of aromatic nitrogens is 1. The Hall–Kier alpha value is -3.67. The number of rotatable bonds is 2. The molecule has 0 bridgehead atoms. The van der Waals surface area contributed by atoms with Gasteiger partial charge in [0.25, 0.3) is 0 Å². The van der Waals surface area contributed by atoms with Gasteiger partial charge in [0.15, 0.2) is 0 Å². The van der Waals surface area contributed by atoms with E-state index in [2.05, 4.69) is 70.4 Å². The van der Waals surface area contributed by atoms with Gasteiger partial charge in [-0.2, -0.15) is 0 Å². The molecule has 2 aromatic heterocycles. The first-order valence-corrected chi connectivity index (χ1v) is 9.84. The van der Waals surface area contributed by atoms with E-state index in [4.69, 9.17) is 9.40 Å². The SMILES string of the molecule is C[C@@H]1N(B2C=c3oc4ccccc4c3=CN2)c2ncccc2N1c1ccccc1. The van der Waals surface area contributed by atoms with Crippen LogP contribution in [0.3, 0.4) is 0 Å². The Kier molecular flexibility index (Phi) is 3.47. The van der Waals surface area contributed by atoms with Crippen molar-refractivity contribution >= 4 is 47.3 Å². The van der Waals surface area contributed by atoms with Crippen LogP contribution in [0.15, 0.2) is 77.3 Å². The molecule has 5 nitrogen and oxygen atoms in total. The minimum absolute atomic E-state index is 0.0552. The predicted molar refractivity (Wildman–Crippen MR) is 118 cm³/mol. The number of benzene rings is 2. The molecule has 140 valence electrons. The van der Waals surface area contributed by atoms with Crippen molar-refractivity contribution in [3.8, 4) is 0 Å². The fourth-order valence-corrected chi connectivity index (χ4v) is 4.46. The van der Waals surface area contributed by atoms with Crippen molar-refractivity contribution in [3.63, 3.8) is 0 Å². The summed E-state index contributed by atoms with van der Waals surface area (Å²) >= 11 is 0. The third kappa shape index (κ3) is 2.39. The monoisotopic (exact) mass is 378 g/mol. The lowest BCUT2D eigenvalue weighted by molar-refractivity contribution is 0.575. The molecule has 1 N–H and O–H groups in total. The van der Waals surface area contributed by atoms with E-state index in [1.54, 1.807) is 0 Å². The summed E-state index contributed by atoms with van der Waals surface area (Å²) in [6.07, 6.45) is 4.01. The van der Waals surface area contributed by atoms with Crippen molar-refractivity contribution in [3.05, 3.63) is 83.6 Å². The molecule has 0 radical (unpaired) electrons. The van der Waals surface area contributed by atoms with Crippen LogP contribution in [0.5, 0.6) is 0 Å². The Bertz CT molecular complexity index is 1330. The third-order valence-corrected chi connectivity index (χ3v) is 5.75. The molecule has 0 fully saturated rings. The van der Waals surface area contributed by atoms with Gasteiger partial charge < -0.3 is 19.4 Å². The first-order chi connectivity index (χ1) is 14.3. The number of hydrogen-bond acceptors (Lipinski definition) is 5. The number of fused-ring (bicyclic) bond motifs is 4. The topological polar surface area (TPSA) is 44.5 Å². The van der Waals surface area contributed by atoms with Crippen LogP contribution >= 0.6 is 0 Å². The van der Waals surface area contributed by atoms with Crippen molar-refractivity contribution in [2.45, 2.75) is 13.1 Å². The highest BCUT2D eigenvalue weighted by molar-refractivity contribution is 6.75. The van der Waals surface area contributed by atoms with Gasteiger partial charge >= 0.3 is 6.98 Å². The quantitative estimate of drug-likeness (QED) is 0.544. The van der Waals surface area contributed by atoms with Gasteiger partial charge in [0.05, 0.1) is 11.9 Å². The number of furan rings is 1. The summed E-state index contributed by atoms with van der Waals surface area (Å²) in [6.45, 7) is 2.15. The highest BCUT2D eigenvalue weighted by Crippen LogP contribution is 2.42. The van der Waals surface area contributed by atoms with E-state index in [0.29, 0.717) is 0 Å². The van der Waals surface area contributed by atoms with Gasteiger partial charge in [-0.1, -0.05) is 36.4 Å². The largest absolute Gasteiger partial charge is 0.457 e. The van der Waals surface area contributed by atoms with E-state index in [1.807, 2.05) is 36.5 Å². The van der Waals surface area contributed by atoms with Crippen LogP contribution in [0.1, 0.15) is 6.92 Å². The number of hydrogen-bond donors (Lipinski definition) is 1. The van der Waals surface area contributed by atoms with Crippen LogP contribution in [-0.4, -0.2) is 18.1 Å². The fourth-order valence-electron chi connectivity index (χ4n) is 4.46. The van der Waals surface area contributed by atoms with Crippen LogP contribution in [0.2, 0.25) is 0 Å². The Balaban J connectivity index is 1.47. The lowest BCUT2D eigenvalue weighted by Gasteiger charge is -2.32. The van der Waals surface area contributed by atoms with E-state index in [-0.39, 0.29) is 13.1 Å². The van der Waals surface area contributed by atoms with Crippen LogP contribution in [-0.2, 0) is 0 Å². The zero-order valence-electron chi connectivity index (χ0n) is 16.0. The maximum absolute atomic E-state index is 6.13. The highest BCUT2D eigenvalue weighted by Gasteiger charge is 2.40. The molecule has 29 heavy (non-hydrogen) atoms. The number of anilines is 3. The second-order valence-corrected chi connectivity index (χ2v) is 7.39. The molecule has 0 spiro atoms. The van der Waals surface area contributed by atoms with Crippen molar-refractivity contribution in [1.82, 2.24) is 10.2 Å². The van der Waals surface area contributed by atoms with Crippen LogP contribution in [0.4, 0.5) is 17.2 Å². The molecular formula is C23H19BN4O. The van der Waals surface area contributed by atoms with Gasteiger partial charge in [0.2, 0.25) is 0 Å². The summed E-state index contributed by atoms with van der Waals surface area (Å²) in [6, 6.07) is 22.7. The molecule has 2 aliphatic heterocycles. The minimum atomic E-state index is -0.0552. The first-order valence-electron chi connectivity index (χ1n) is 9.84. The molecule has 0 aliphatic carbocycles. The number of pyridine rings is 1. The molecule has 0 saturated heterocycles. The summed E-state index contributed by atoms with van der Waals surface area (Å²) < 4.78 is 6.13.